The lowest BCUT2D eigenvalue weighted by Crippen LogP contribution is -2.39. The van der Waals surface area contributed by atoms with Crippen molar-refractivity contribution < 1.29 is 9.18 Å². The summed E-state index contributed by atoms with van der Waals surface area (Å²) in [5.74, 6) is -0.0132. The molecule has 7 heteroatoms. The van der Waals surface area contributed by atoms with Crippen LogP contribution in [0.2, 0.25) is 0 Å². The molecule has 1 aromatic carbocycles. The molecule has 2 aliphatic rings. The third-order valence-electron chi connectivity index (χ3n) is 8.61. The number of likely N-dealkylation sites (tertiary alicyclic amines) is 1. The number of nitrogens with zero attached hydrogens (tertiary/aromatic N) is 4. The van der Waals surface area contributed by atoms with Crippen LogP contribution >= 0.6 is 0 Å². The fourth-order valence-electron chi connectivity index (χ4n) is 6.25. The smallest absolute Gasteiger partial charge is 0.256 e. The van der Waals surface area contributed by atoms with Crippen molar-refractivity contribution in [3.05, 3.63) is 59.3 Å². The van der Waals surface area contributed by atoms with Gasteiger partial charge in [-0.3, -0.25) is 9.78 Å². The van der Waals surface area contributed by atoms with E-state index in [-0.39, 0.29) is 11.9 Å². The Labute approximate surface area is 219 Å². The Morgan fingerprint density at radius 3 is 2.68 bits per heavy atom. The molecule has 2 aromatic heterocycles. The average molecular weight is 506 g/mol. The molecular weight excluding hydrogens is 465 g/mol. The predicted octanol–water partition coefficient (Wildman–Crippen LogP) is 5.09. The van der Waals surface area contributed by atoms with E-state index in [1.807, 2.05) is 30.8 Å². The molecule has 3 heterocycles. The van der Waals surface area contributed by atoms with Crippen LogP contribution in [0.3, 0.4) is 0 Å². The lowest BCUT2D eigenvalue weighted by Gasteiger charge is -2.33. The highest BCUT2D eigenvalue weighted by molar-refractivity contribution is 5.99. The van der Waals surface area contributed by atoms with Gasteiger partial charge in [-0.1, -0.05) is 0 Å². The van der Waals surface area contributed by atoms with Crippen molar-refractivity contribution in [1.29, 1.82) is 0 Å². The van der Waals surface area contributed by atoms with Crippen LogP contribution in [-0.4, -0.2) is 63.5 Å². The van der Waals surface area contributed by atoms with E-state index in [0.29, 0.717) is 29.3 Å². The topological polar surface area (TPSA) is 67.4 Å². The second-order valence-electron chi connectivity index (χ2n) is 11.5. The second kappa shape index (κ2) is 10.5. The molecule has 1 saturated heterocycles. The van der Waals surface area contributed by atoms with Crippen molar-refractivity contribution in [3.8, 4) is 5.69 Å². The van der Waals surface area contributed by atoms with E-state index >= 15 is 0 Å². The minimum atomic E-state index is -0.412. The number of aromatic nitrogens is 2. The van der Waals surface area contributed by atoms with Gasteiger partial charge in [-0.2, -0.15) is 0 Å². The zero-order valence-electron chi connectivity index (χ0n) is 22.6. The van der Waals surface area contributed by atoms with Crippen molar-refractivity contribution in [2.45, 2.75) is 77.4 Å². The molecule has 0 unspecified atom stereocenters. The fourth-order valence-corrected chi connectivity index (χ4v) is 6.25. The summed E-state index contributed by atoms with van der Waals surface area (Å²) in [5.41, 5.74) is 10.5. The number of aryl methyl sites for hydroxylation is 1. The molecule has 0 radical (unpaired) electrons. The number of hydrogen-bond donors (Lipinski definition) is 1. The Balaban J connectivity index is 1.47. The van der Waals surface area contributed by atoms with E-state index in [1.165, 1.54) is 42.3 Å². The lowest BCUT2D eigenvalue weighted by molar-refractivity contribution is 0.0754. The quantitative estimate of drug-likeness (QED) is 0.507. The van der Waals surface area contributed by atoms with Crippen LogP contribution in [-0.2, 0) is 6.42 Å². The van der Waals surface area contributed by atoms with Crippen LogP contribution in [0.25, 0.3) is 16.6 Å². The molecule has 1 saturated carbocycles. The number of carbonyl (C=O) groups excluding carboxylic acids is 1. The highest BCUT2D eigenvalue weighted by Gasteiger charge is 2.31. The highest BCUT2D eigenvalue weighted by Crippen LogP contribution is 2.34. The van der Waals surface area contributed by atoms with Crippen LogP contribution in [0, 0.1) is 18.7 Å². The van der Waals surface area contributed by atoms with Crippen molar-refractivity contribution in [3.63, 3.8) is 0 Å². The predicted molar refractivity (Wildman–Crippen MR) is 147 cm³/mol. The van der Waals surface area contributed by atoms with Gasteiger partial charge < -0.3 is 20.1 Å². The van der Waals surface area contributed by atoms with Crippen LogP contribution in [0.5, 0.6) is 0 Å². The first-order valence-electron chi connectivity index (χ1n) is 13.7. The third-order valence-corrected chi connectivity index (χ3v) is 8.61. The van der Waals surface area contributed by atoms with Gasteiger partial charge in [0.05, 0.1) is 23.0 Å². The molecule has 198 valence electrons. The standard InChI is InChI=1S/C30H40FN5O/c1-19(2)34(4)30(37)26-14-23(31)5-10-27(26)36-18-22(29-20(3)15-33-16-28(29)36)13-21-11-12-35(17-21)25-8-6-24(32)7-9-25/h5,10,14-16,18-19,21,24-25H,6-9,11-13,17,32H2,1-4H3/t21-,24?,25?/m1/s1. The maximum absolute atomic E-state index is 14.3. The van der Waals surface area contributed by atoms with E-state index in [2.05, 4.69) is 23.0 Å². The number of pyridine rings is 1. The molecule has 1 amide bonds. The molecule has 6 nitrogen and oxygen atoms in total. The summed E-state index contributed by atoms with van der Waals surface area (Å²) < 4.78 is 16.4. The second-order valence-corrected chi connectivity index (χ2v) is 11.5. The zero-order valence-corrected chi connectivity index (χ0v) is 22.6. The van der Waals surface area contributed by atoms with Gasteiger partial charge in [0.2, 0.25) is 0 Å². The van der Waals surface area contributed by atoms with E-state index in [0.717, 1.165) is 43.4 Å². The number of amides is 1. The van der Waals surface area contributed by atoms with E-state index in [1.54, 1.807) is 18.0 Å². The maximum Gasteiger partial charge on any atom is 0.256 e. The van der Waals surface area contributed by atoms with Gasteiger partial charge in [-0.25, -0.2) is 4.39 Å². The van der Waals surface area contributed by atoms with Gasteiger partial charge in [0.15, 0.2) is 0 Å². The number of hydrogen-bond acceptors (Lipinski definition) is 4. The number of nitrogens with two attached hydrogens (primary N) is 1. The molecule has 2 N–H and O–H groups in total. The SMILES string of the molecule is Cc1cncc2c1c(C[C@H]1CCN(C3CCC(N)CC3)C1)cn2-c1ccc(F)cc1C(=O)N(C)C(C)C. The highest BCUT2D eigenvalue weighted by atomic mass is 19.1. The number of rotatable bonds is 6. The monoisotopic (exact) mass is 505 g/mol. The van der Waals surface area contributed by atoms with Crippen LogP contribution in [0.15, 0.2) is 36.8 Å². The Morgan fingerprint density at radius 2 is 1.95 bits per heavy atom. The fraction of sp³-hybridized carbons (Fsp3) is 0.533. The summed E-state index contributed by atoms with van der Waals surface area (Å²) in [6, 6.07) is 5.56. The van der Waals surface area contributed by atoms with Crippen molar-refractivity contribution in [2.75, 3.05) is 20.1 Å². The van der Waals surface area contributed by atoms with Gasteiger partial charge >= 0.3 is 0 Å². The van der Waals surface area contributed by atoms with E-state index in [9.17, 15) is 9.18 Å². The van der Waals surface area contributed by atoms with Crippen LogP contribution in [0.4, 0.5) is 4.39 Å². The molecule has 1 atom stereocenters. The van der Waals surface area contributed by atoms with Gasteiger partial charge in [-0.05, 0) is 101 Å². The normalized spacial score (nSPS) is 22.7. The molecule has 5 rings (SSSR count). The minimum Gasteiger partial charge on any atom is -0.339 e. The molecule has 0 bridgehead atoms. The molecule has 1 aliphatic heterocycles. The lowest BCUT2D eigenvalue weighted by atomic mass is 9.91. The van der Waals surface area contributed by atoms with Gasteiger partial charge in [0, 0.05) is 49.5 Å². The number of fused-ring (bicyclic) bond motifs is 1. The molecule has 2 fully saturated rings. The Kier molecular flexibility index (Phi) is 7.37. The Bertz CT molecular complexity index is 1280. The van der Waals surface area contributed by atoms with Crippen LogP contribution < -0.4 is 5.73 Å². The van der Waals surface area contributed by atoms with Gasteiger partial charge in [0.1, 0.15) is 5.82 Å². The number of benzene rings is 1. The molecule has 3 aromatic rings. The number of carbonyl (C=O) groups is 1. The molecule has 1 aliphatic carbocycles. The zero-order chi connectivity index (χ0) is 26.3. The minimum absolute atomic E-state index is 0.00899. The summed E-state index contributed by atoms with van der Waals surface area (Å²) in [6.07, 6.45) is 12.8. The summed E-state index contributed by atoms with van der Waals surface area (Å²) in [4.78, 5) is 22.1. The summed E-state index contributed by atoms with van der Waals surface area (Å²) in [6.45, 7) is 8.29. The molecule has 0 spiro atoms. The average Bonchev–Trinajstić information content (AvgIpc) is 3.49. The van der Waals surface area contributed by atoms with E-state index in [4.69, 9.17) is 5.73 Å². The first kappa shape index (κ1) is 25.9. The summed E-state index contributed by atoms with van der Waals surface area (Å²) in [7, 11) is 1.76. The first-order valence-corrected chi connectivity index (χ1v) is 13.7. The van der Waals surface area contributed by atoms with Crippen molar-refractivity contribution in [1.82, 2.24) is 19.4 Å². The maximum atomic E-state index is 14.3. The molecular formula is C30H40FN5O. The largest absolute Gasteiger partial charge is 0.339 e. The first-order chi connectivity index (χ1) is 17.7. The van der Waals surface area contributed by atoms with Crippen molar-refractivity contribution >= 4 is 16.8 Å². The van der Waals surface area contributed by atoms with E-state index < -0.39 is 5.82 Å². The van der Waals surface area contributed by atoms with Gasteiger partial charge in [0.25, 0.3) is 5.91 Å². The summed E-state index contributed by atoms with van der Waals surface area (Å²) >= 11 is 0. The summed E-state index contributed by atoms with van der Waals surface area (Å²) in [5, 5.41) is 1.19. The van der Waals surface area contributed by atoms with Gasteiger partial charge in [-0.15, -0.1) is 0 Å². The third kappa shape index (κ3) is 5.16. The number of halogens is 1. The van der Waals surface area contributed by atoms with Crippen LogP contribution in [0.1, 0.15) is 67.4 Å². The Hall–Kier alpha value is -2.77. The Morgan fingerprint density at radius 1 is 1.19 bits per heavy atom. The molecule has 37 heavy (non-hydrogen) atoms. The van der Waals surface area contributed by atoms with Crippen molar-refractivity contribution in [2.24, 2.45) is 11.7 Å².